The van der Waals surface area contributed by atoms with Crippen LogP contribution >= 0.6 is 0 Å². The van der Waals surface area contributed by atoms with Gasteiger partial charge < -0.3 is 4.74 Å². The van der Waals surface area contributed by atoms with Crippen molar-refractivity contribution in [1.29, 1.82) is 0 Å². The summed E-state index contributed by atoms with van der Waals surface area (Å²) in [5.74, 6) is -0.277. The molecule has 0 amide bonds. The number of hydrogen-bond acceptors (Lipinski definition) is 4. The predicted octanol–water partition coefficient (Wildman–Crippen LogP) is 4.46. The van der Waals surface area contributed by atoms with E-state index >= 15 is 0 Å². The summed E-state index contributed by atoms with van der Waals surface area (Å²) < 4.78 is 20.9. The summed E-state index contributed by atoms with van der Waals surface area (Å²) in [6.07, 6.45) is 3.46. The number of hydrogen-bond donors (Lipinski definition) is 0. The Morgan fingerprint density at radius 3 is 2.35 bits per heavy atom. The van der Waals surface area contributed by atoms with Crippen molar-refractivity contribution in [1.82, 2.24) is 20.0 Å². The average molecular weight is 371 g/mol. The average Bonchev–Trinajstić information content (AvgIpc) is 3.03. The van der Waals surface area contributed by atoms with E-state index in [0.29, 0.717) is 19.0 Å². The number of halogens is 1. The van der Waals surface area contributed by atoms with Gasteiger partial charge in [0, 0.05) is 38.2 Å². The second-order valence-electron chi connectivity index (χ2n) is 7.38. The van der Waals surface area contributed by atoms with Gasteiger partial charge in [-0.05, 0) is 42.4 Å². The molecule has 2 aromatic heterocycles. The Morgan fingerprint density at radius 2 is 1.69 bits per heavy atom. The summed E-state index contributed by atoms with van der Waals surface area (Å²) in [5.41, 5.74) is 3.29. The van der Waals surface area contributed by atoms with Crippen LogP contribution in [0.25, 0.3) is 22.5 Å². The number of pyridine rings is 1. The maximum absolute atomic E-state index is 13.3. The van der Waals surface area contributed by atoms with Gasteiger partial charge in [-0.3, -0.25) is 4.98 Å². The van der Waals surface area contributed by atoms with Crippen LogP contribution in [0.2, 0.25) is 25.7 Å². The van der Waals surface area contributed by atoms with Gasteiger partial charge in [0.15, 0.2) is 0 Å². The molecule has 2 heterocycles. The van der Waals surface area contributed by atoms with Gasteiger partial charge in [-0.25, -0.2) is 9.07 Å². The molecule has 0 bridgehead atoms. The van der Waals surface area contributed by atoms with E-state index in [-0.39, 0.29) is 5.82 Å². The van der Waals surface area contributed by atoms with Gasteiger partial charge in [0.25, 0.3) is 0 Å². The van der Waals surface area contributed by atoms with E-state index in [0.717, 1.165) is 22.9 Å². The van der Waals surface area contributed by atoms with E-state index in [9.17, 15) is 4.39 Å². The molecule has 3 aromatic rings. The Bertz CT molecular complexity index is 844. The normalized spacial score (nSPS) is 11.7. The Kier molecular flexibility index (Phi) is 5.58. The summed E-state index contributed by atoms with van der Waals surface area (Å²) >= 11 is 0. The molecule has 3 rings (SSSR count). The number of nitrogens with zero attached hydrogens (tertiary/aromatic N) is 4. The van der Waals surface area contributed by atoms with Crippen molar-refractivity contribution < 1.29 is 9.13 Å². The second-order valence-corrected chi connectivity index (χ2v) is 13.0. The van der Waals surface area contributed by atoms with Crippen molar-refractivity contribution >= 4 is 8.07 Å². The Hall–Kier alpha value is -2.38. The zero-order chi connectivity index (χ0) is 18.6. The lowest BCUT2D eigenvalue weighted by atomic mass is 10.1. The number of aromatic nitrogens is 4. The Labute approximate surface area is 153 Å². The Balaban J connectivity index is 1.89. The highest BCUT2D eigenvalue weighted by atomic mass is 28.3. The first-order valence-corrected chi connectivity index (χ1v) is 12.3. The van der Waals surface area contributed by atoms with E-state index in [2.05, 4.69) is 34.9 Å². The maximum atomic E-state index is 13.3. The predicted molar refractivity (Wildman–Crippen MR) is 103 cm³/mol. The maximum Gasteiger partial charge on any atom is 0.141 e. The molecule has 0 atom stereocenters. The SMILES string of the molecule is C[Si](C)(C)CCOCn1nnc(-c2ccc(F)cc2)c1-c1ccncc1. The van der Waals surface area contributed by atoms with Gasteiger partial charge in [0.1, 0.15) is 18.2 Å². The fraction of sp³-hybridized carbons (Fsp3) is 0.316. The van der Waals surface area contributed by atoms with Gasteiger partial charge >= 0.3 is 0 Å². The third kappa shape index (κ3) is 4.62. The van der Waals surface area contributed by atoms with E-state index in [1.165, 1.54) is 12.1 Å². The molecule has 0 aliphatic carbocycles. The molecule has 0 N–H and O–H groups in total. The zero-order valence-electron chi connectivity index (χ0n) is 15.3. The molecule has 0 spiro atoms. The van der Waals surface area contributed by atoms with Crippen LogP contribution in [0.5, 0.6) is 0 Å². The van der Waals surface area contributed by atoms with Crippen molar-refractivity contribution in [2.75, 3.05) is 6.61 Å². The highest BCUT2D eigenvalue weighted by molar-refractivity contribution is 6.76. The molecule has 0 saturated carbocycles. The Morgan fingerprint density at radius 1 is 1.00 bits per heavy atom. The fourth-order valence-electron chi connectivity index (χ4n) is 2.53. The van der Waals surface area contributed by atoms with Crippen LogP contribution in [0.1, 0.15) is 0 Å². The van der Waals surface area contributed by atoms with Crippen LogP contribution in [0.3, 0.4) is 0 Å². The molecule has 0 radical (unpaired) electrons. The molecular weight excluding hydrogens is 347 g/mol. The highest BCUT2D eigenvalue weighted by Crippen LogP contribution is 2.30. The lowest BCUT2D eigenvalue weighted by Crippen LogP contribution is -2.22. The van der Waals surface area contributed by atoms with Crippen LogP contribution < -0.4 is 0 Å². The largest absolute Gasteiger partial charge is 0.359 e. The monoisotopic (exact) mass is 370 g/mol. The topological polar surface area (TPSA) is 52.8 Å². The summed E-state index contributed by atoms with van der Waals surface area (Å²) in [6.45, 7) is 8.00. The number of ether oxygens (including phenoxy) is 1. The molecule has 0 aliphatic heterocycles. The molecule has 0 fully saturated rings. The molecule has 5 nitrogen and oxygen atoms in total. The minimum Gasteiger partial charge on any atom is -0.359 e. The fourth-order valence-corrected chi connectivity index (χ4v) is 3.29. The van der Waals surface area contributed by atoms with Gasteiger partial charge in [-0.1, -0.05) is 24.9 Å². The number of benzene rings is 1. The van der Waals surface area contributed by atoms with Crippen LogP contribution in [0.15, 0.2) is 48.8 Å². The lowest BCUT2D eigenvalue weighted by molar-refractivity contribution is 0.0784. The van der Waals surface area contributed by atoms with Crippen LogP contribution in [-0.4, -0.2) is 34.7 Å². The molecule has 1 aromatic carbocycles. The minimum atomic E-state index is -1.14. The van der Waals surface area contributed by atoms with Crippen molar-refractivity contribution in [3.05, 3.63) is 54.6 Å². The smallest absolute Gasteiger partial charge is 0.141 e. The molecule has 0 saturated heterocycles. The lowest BCUT2D eigenvalue weighted by Gasteiger charge is -2.15. The highest BCUT2D eigenvalue weighted by Gasteiger charge is 2.17. The van der Waals surface area contributed by atoms with Crippen LogP contribution in [0, 0.1) is 5.82 Å². The van der Waals surface area contributed by atoms with Crippen LogP contribution in [0.4, 0.5) is 4.39 Å². The van der Waals surface area contributed by atoms with E-state index in [1.807, 2.05) is 12.1 Å². The van der Waals surface area contributed by atoms with Gasteiger partial charge in [-0.15, -0.1) is 5.10 Å². The van der Waals surface area contributed by atoms with Gasteiger partial charge in [0.05, 0.1) is 5.69 Å². The summed E-state index contributed by atoms with van der Waals surface area (Å²) in [5, 5.41) is 8.58. The second kappa shape index (κ2) is 7.88. The molecule has 0 unspecified atom stereocenters. The molecule has 136 valence electrons. The van der Waals surface area contributed by atoms with Gasteiger partial charge in [-0.2, -0.15) is 0 Å². The number of rotatable bonds is 7. The van der Waals surface area contributed by atoms with Crippen molar-refractivity contribution in [2.24, 2.45) is 0 Å². The molecule has 0 aliphatic rings. The first-order valence-electron chi connectivity index (χ1n) is 8.62. The summed E-state index contributed by atoms with van der Waals surface area (Å²) in [7, 11) is -1.14. The van der Waals surface area contributed by atoms with Crippen LogP contribution in [-0.2, 0) is 11.5 Å². The van der Waals surface area contributed by atoms with E-state index in [1.54, 1.807) is 29.2 Å². The van der Waals surface area contributed by atoms with Gasteiger partial charge in [0.2, 0.25) is 0 Å². The zero-order valence-corrected chi connectivity index (χ0v) is 16.3. The first-order chi connectivity index (χ1) is 12.4. The summed E-state index contributed by atoms with van der Waals surface area (Å²) in [6, 6.07) is 11.2. The third-order valence-corrected chi connectivity index (χ3v) is 5.72. The van der Waals surface area contributed by atoms with E-state index in [4.69, 9.17) is 4.74 Å². The standard InChI is InChI=1S/C19H23FN4OSi/c1-26(2,3)13-12-25-14-24-19(16-8-10-21-11-9-16)18(22-23-24)15-4-6-17(20)7-5-15/h4-11H,12-14H2,1-3H3. The molecular formula is C19H23FN4OSi. The quantitative estimate of drug-likeness (QED) is 0.455. The molecule has 26 heavy (non-hydrogen) atoms. The summed E-state index contributed by atoms with van der Waals surface area (Å²) in [4.78, 5) is 4.08. The van der Waals surface area contributed by atoms with Crippen molar-refractivity contribution in [2.45, 2.75) is 32.4 Å². The third-order valence-electron chi connectivity index (χ3n) is 4.02. The van der Waals surface area contributed by atoms with E-state index < -0.39 is 8.07 Å². The first kappa shape index (κ1) is 18.4. The van der Waals surface area contributed by atoms with Crippen molar-refractivity contribution in [3.63, 3.8) is 0 Å². The molecule has 7 heteroatoms. The minimum absolute atomic E-state index is 0.277. The van der Waals surface area contributed by atoms with Crippen molar-refractivity contribution in [3.8, 4) is 22.5 Å².